The zero-order valence-corrected chi connectivity index (χ0v) is 8.50. The van der Waals surface area contributed by atoms with Crippen LogP contribution in [0.4, 0.5) is 0 Å². The first-order valence-corrected chi connectivity index (χ1v) is 4.95. The van der Waals surface area contributed by atoms with Crippen molar-refractivity contribution in [1.82, 2.24) is 0 Å². The monoisotopic (exact) mass is 237 g/mol. The van der Waals surface area contributed by atoms with Gasteiger partial charge in [-0.25, -0.2) is 0 Å². The predicted octanol–water partition coefficient (Wildman–Crippen LogP) is 2.90. The number of halogens is 1. The van der Waals surface area contributed by atoms with E-state index in [9.17, 15) is 5.11 Å². The van der Waals surface area contributed by atoms with Gasteiger partial charge in [0.05, 0.1) is 10.0 Å². The van der Waals surface area contributed by atoms with Gasteiger partial charge in [-0.05, 0) is 46.3 Å². The molecule has 1 aliphatic carbocycles. The Bertz CT molecular complexity index is 391. The molecule has 0 aromatic heterocycles. The summed E-state index contributed by atoms with van der Waals surface area (Å²) < 4.78 is 0.689. The average Bonchev–Trinajstić information content (AvgIpc) is 2.93. The van der Waals surface area contributed by atoms with E-state index in [4.69, 9.17) is 5.26 Å². The number of benzene rings is 1. The molecule has 1 aromatic carbocycles. The van der Waals surface area contributed by atoms with Crippen LogP contribution in [0.3, 0.4) is 0 Å². The summed E-state index contributed by atoms with van der Waals surface area (Å²) in [7, 11) is 0. The van der Waals surface area contributed by atoms with Gasteiger partial charge >= 0.3 is 0 Å². The smallest absolute Gasteiger partial charge is 0.147 e. The molecule has 1 aliphatic rings. The lowest BCUT2D eigenvalue weighted by Crippen LogP contribution is -1.85. The van der Waals surface area contributed by atoms with E-state index in [2.05, 4.69) is 15.9 Å². The van der Waals surface area contributed by atoms with Gasteiger partial charge in [0.15, 0.2) is 0 Å². The maximum Gasteiger partial charge on any atom is 0.147 e. The fourth-order valence-corrected chi connectivity index (χ4v) is 2.05. The van der Waals surface area contributed by atoms with E-state index in [1.807, 2.05) is 12.1 Å². The minimum atomic E-state index is 0.0758. The molecule has 1 saturated carbocycles. The normalized spacial score (nSPS) is 15.4. The number of hydrogen-bond donors (Lipinski definition) is 1. The maximum absolute atomic E-state index is 9.59. The summed E-state index contributed by atoms with van der Waals surface area (Å²) in [5.74, 6) is 0.653. The van der Waals surface area contributed by atoms with E-state index >= 15 is 0 Å². The van der Waals surface area contributed by atoms with Crippen molar-refractivity contribution in [1.29, 1.82) is 5.26 Å². The van der Waals surface area contributed by atoms with Gasteiger partial charge in [0.1, 0.15) is 11.8 Å². The zero-order chi connectivity index (χ0) is 9.42. The summed E-state index contributed by atoms with van der Waals surface area (Å²) in [6.45, 7) is 0. The first-order valence-electron chi connectivity index (χ1n) is 4.15. The van der Waals surface area contributed by atoms with Gasteiger partial charge < -0.3 is 5.11 Å². The summed E-state index contributed by atoms with van der Waals surface area (Å²) in [6, 6.07) is 5.53. The third kappa shape index (κ3) is 1.42. The van der Waals surface area contributed by atoms with Crippen LogP contribution in [0.1, 0.15) is 29.9 Å². The molecule has 1 N–H and O–H groups in total. The first kappa shape index (κ1) is 8.58. The van der Waals surface area contributed by atoms with Crippen LogP contribution in [0.25, 0.3) is 0 Å². The quantitative estimate of drug-likeness (QED) is 0.817. The maximum atomic E-state index is 9.59. The predicted molar refractivity (Wildman–Crippen MR) is 52.5 cm³/mol. The van der Waals surface area contributed by atoms with Crippen LogP contribution in [0.5, 0.6) is 5.75 Å². The molecule has 1 aromatic rings. The van der Waals surface area contributed by atoms with Gasteiger partial charge in [0, 0.05) is 0 Å². The largest absolute Gasteiger partial charge is 0.505 e. The molecule has 0 bridgehead atoms. The fraction of sp³-hybridized carbons (Fsp3) is 0.300. The summed E-state index contributed by atoms with van der Waals surface area (Å²) in [4.78, 5) is 0. The molecule has 0 saturated heterocycles. The van der Waals surface area contributed by atoms with Crippen molar-refractivity contribution in [3.63, 3.8) is 0 Å². The highest BCUT2D eigenvalue weighted by atomic mass is 79.9. The lowest BCUT2D eigenvalue weighted by Gasteiger charge is -2.05. The molecule has 1 fully saturated rings. The van der Waals surface area contributed by atoms with Crippen LogP contribution in [-0.2, 0) is 0 Å². The van der Waals surface area contributed by atoms with Gasteiger partial charge in [0.25, 0.3) is 0 Å². The van der Waals surface area contributed by atoms with Gasteiger partial charge in [-0.3, -0.25) is 0 Å². The highest BCUT2D eigenvalue weighted by molar-refractivity contribution is 9.10. The zero-order valence-electron chi connectivity index (χ0n) is 6.92. The Morgan fingerprint density at radius 1 is 1.46 bits per heavy atom. The molecule has 0 aliphatic heterocycles. The highest BCUT2D eigenvalue weighted by Crippen LogP contribution is 2.46. The lowest BCUT2D eigenvalue weighted by molar-refractivity contribution is 0.469. The van der Waals surface area contributed by atoms with Gasteiger partial charge in [-0.2, -0.15) is 5.26 Å². The van der Waals surface area contributed by atoms with Crippen LogP contribution in [0.2, 0.25) is 0 Å². The number of phenols is 1. The summed E-state index contributed by atoms with van der Waals surface area (Å²) in [5, 5.41) is 18.2. The van der Waals surface area contributed by atoms with Crippen molar-refractivity contribution >= 4 is 15.9 Å². The Morgan fingerprint density at radius 2 is 2.15 bits per heavy atom. The van der Waals surface area contributed by atoms with Crippen molar-refractivity contribution in [2.75, 3.05) is 0 Å². The third-order valence-corrected chi connectivity index (χ3v) is 3.12. The SMILES string of the molecule is N#Cc1ccc(C2CC2)c(Br)c1O. The molecular formula is C10H8BrNO. The van der Waals surface area contributed by atoms with Crippen LogP contribution >= 0.6 is 15.9 Å². The fourth-order valence-electron chi connectivity index (χ4n) is 1.38. The molecule has 0 unspecified atom stereocenters. The van der Waals surface area contributed by atoms with E-state index < -0.39 is 0 Å². The third-order valence-electron chi connectivity index (χ3n) is 2.28. The lowest BCUT2D eigenvalue weighted by atomic mass is 10.1. The Balaban J connectivity index is 2.52. The Kier molecular flexibility index (Phi) is 2.01. The molecular weight excluding hydrogens is 230 g/mol. The molecule has 2 nitrogen and oxygen atoms in total. The number of aromatic hydroxyl groups is 1. The van der Waals surface area contributed by atoms with Crippen LogP contribution < -0.4 is 0 Å². The number of phenolic OH excluding ortho intramolecular Hbond substituents is 1. The average molecular weight is 238 g/mol. The van der Waals surface area contributed by atoms with E-state index in [0.717, 1.165) is 5.56 Å². The molecule has 3 heteroatoms. The first-order chi connectivity index (χ1) is 6.24. The van der Waals surface area contributed by atoms with Crippen molar-refractivity contribution in [2.24, 2.45) is 0 Å². The molecule has 0 atom stereocenters. The van der Waals surface area contributed by atoms with Crippen molar-refractivity contribution < 1.29 is 5.11 Å². The van der Waals surface area contributed by atoms with Gasteiger partial charge in [-0.15, -0.1) is 0 Å². The Labute approximate surface area is 84.9 Å². The molecule has 0 spiro atoms. The second-order valence-corrected chi connectivity index (χ2v) is 4.04. The van der Waals surface area contributed by atoms with Crippen molar-refractivity contribution in [3.8, 4) is 11.8 Å². The van der Waals surface area contributed by atoms with E-state index in [0.29, 0.717) is 16.0 Å². The second kappa shape index (κ2) is 3.04. The van der Waals surface area contributed by atoms with Crippen LogP contribution in [0, 0.1) is 11.3 Å². The minimum absolute atomic E-state index is 0.0758. The number of nitrogens with zero attached hydrogens (tertiary/aromatic N) is 1. The standard InChI is InChI=1S/C10H8BrNO/c11-9-8(6-1-2-6)4-3-7(5-12)10(9)13/h3-4,6,13H,1-2H2. The Morgan fingerprint density at radius 3 is 2.69 bits per heavy atom. The van der Waals surface area contributed by atoms with Gasteiger partial charge in [-0.1, -0.05) is 6.07 Å². The molecule has 0 radical (unpaired) electrons. The number of rotatable bonds is 1. The number of nitriles is 1. The second-order valence-electron chi connectivity index (χ2n) is 3.25. The van der Waals surface area contributed by atoms with E-state index in [1.165, 1.54) is 12.8 Å². The Hall–Kier alpha value is -1.01. The summed E-state index contributed by atoms with van der Waals surface area (Å²) in [6.07, 6.45) is 2.37. The number of hydrogen-bond acceptors (Lipinski definition) is 2. The summed E-state index contributed by atoms with van der Waals surface area (Å²) >= 11 is 3.31. The molecule has 0 heterocycles. The minimum Gasteiger partial charge on any atom is -0.505 e. The summed E-state index contributed by atoms with van der Waals surface area (Å²) in [5.41, 5.74) is 1.45. The van der Waals surface area contributed by atoms with Crippen molar-refractivity contribution in [2.45, 2.75) is 18.8 Å². The van der Waals surface area contributed by atoms with Gasteiger partial charge in [0.2, 0.25) is 0 Å². The van der Waals surface area contributed by atoms with Crippen molar-refractivity contribution in [3.05, 3.63) is 27.7 Å². The molecule has 66 valence electrons. The molecule has 0 amide bonds. The van der Waals surface area contributed by atoms with Crippen LogP contribution in [-0.4, -0.2) is 5.11 Å². The molecule has 2 rings (SSSR count). The van der Waals surface area contributed by atoms with E-state index in [-0.39, 0.29) is 5.75 Å². The topological polar surface area (TPSA) is 44.0 Å². The molecule has 13 heavy (non-hydrogen) atoms. The van der Waals surface area contributed by atoms with E-state index in [1.54, 1.807) is 6.07 Å². The van der Waals surface area contributed by atoms with Crippen LogP contribution in [0.15, 0.2) is 16.6 Å². The highest BCUT2D eigenvalue weighted by Gasteiger charge is 2.27.